The van der Waals surface area contributed by atoms with Crippen LogP contribution in [-0.4, -0.2) is 16.3 Å². The predicted molar refractivity (Wildman–Crippen MR) is 132 cm³/mol. The van der Waals surface area contributed by atoms with Crippen LogP contribution in [0.15, 0.2) is 59.2 Å². The van der Waals surface area contributed by atoms with Crippen molar-refractivity contribution < 1.29 is 9.15 Å². The highest BCUT2D eigenvalue weighted by molar-refractivity contribution is 7.17. The first-order chi connectivity index (χ1) is 16.6. The van der Waals surface area contributed by atoms with Gasteiger partial charge in [-0.3, -0.25) is 0 Å². The van der Waals surface area contributed by atoms with Gasteiger partial charge in [0.25, 0.3) is 0 Å². The first kappa shape index (κ1) is 22.3. The van der Waals surface area contributed by atoms with Crippen molar-refractivity contribution in [3.05, 3.63) is 77.2 Å². The molecule has 0 unspecified atom stereocenters. The first-order valence-electron chi connectivity index (χ1n) is 11.5. The van der Waals surface area contributed by atoms with Crippen molar-refractivity contribution in [3.63, 3.8) is 0 Å². The maximum atomic E-state index is 9.57. The Morgan fingerprint density at radius 1 is 1.18 bits per heavy atom. The SMILES string of the molecule is CC(C)Oc1ccc(-c2nnc(-c3cccc4c3CCC[C@H]4NCc3ccco3)s2)cc1C#N. The van der Waals surface area contributed by atoms with Gasteiger partial charge in [-0.25, -0.2) is 0 Å². The van der Waals surface area contributed by atoms with E-state index in [1.54, 1.807) is 17.6 Å². The molecule has 0 saturated heterocycles. The highest BCUT2D eigenvalue weighted by Crippen LogP contribution is 2.39. The Morgan fingerprint density at radius 2 is 2.06 bits per heavy atom. The number of hydrogen-bond donors (Lipinski definition) is 1. The molecule has 0 bridgehead atoms. The molecule has 5 rings (SSSR count). The van der Waals surface area contributed by atoms with Crippen molar-refractivity contribution in [2.45, 2.75) is 51.8 Å². The summed E-state index contributed by atoms with van der Waals surface area (Å²) < 4.78 is 11.2. The van der Waals surface area contributed by atoms with Gasteiger partial charge >= 0.3 is 0 Å². The van der Waals surface area contributed by atoms with Gasteiger partial charge in [0.15, 0.2) is 0 Å². The Bertz CT molecular complexity index is 1320. The van der Waals surface area contributed by atoms with E-state index in [0.717, 1.165) is 46.2 Å². The second-order valence-electron chi connectivity index (χ2n) is 8.68. The Balaban J connectivity index is 1.42. The topological polar surface area (TPSA) is 84.0 Å². The van der Waals surface area contributed by atoms with Crippen molar-refractivity contribution in [2.24, 2.45) is 0 Å². The van der Waals surface area contributed by atoms with E-state index in [1.165, 1.54) is 11.1 Å². The van der Waals surface area contributed by atoms with Crippen molar-refractivity contribution >= 4 is 11.3 Å². The number of furan rings is 1. The lowest BCUT2D eigenvalue weighted by molar-refractivity contribution is 0.242. The maximum Gasteiger partial charge on any atom is 0.148 e. The van der Waals surface area contributed by atoms with E-state index in [-0.39, 0.29) is 12.1 Å². The lowest BCUT2D eigenvalue weighted by Crippen LogP contribution is -2.25. The van der Waals surface area contributed by atoms with Crippen LogP contribution in [0.1, 0.15) is 55.2 Å². The van der Waals surface area contributed by atoms with Crippen LogP contribution >= 0.6 is 11.3 Å². The fourth-order valence-corrected chi connectivity index (χ4v) is 5.35. The van der Waals surface area contributed by atoms with E-state index >= 15 is 0 Å². The molecule has 4 aromatic rings. The summed E-state index contributed by atoms with van der Waals surface area (Å²) >= 11 is 1.56. The molecule has 7 heteroatoms. The summed E-state index contributed by atoms with van der Waals surface area (Å²) in [5.74, 6) is 1.54. The second-order valence-corrected chi connectivity index (χ2v) is 9.66. The van der Waals surface area contributed by atoms with E-state index in [4.69, 9.17) is 9.15 Å². The van der Waals surface area contributed by atoms with Crippen molar-refractivity contribution in [1.29, 1.82) is 5.26 Å². The lowest BCUT2D eigenvalue weighted by atomic mass is 9.85. The molecule has 2 aromatic carbocycles. The van der Waals surface area contributed by atoms with Crippen molar-refractivity contribution in [1.82, 2.24) is 15.5 Å². The molecule has 1 aliphatic rings. The first-order valence-corrected chi connectivity index (χ1v) is 12.4. The number of nitrogens with one attached hydrogen (secondary N) is 1. The molecule has 172 valence electrons. The standard InChI is InChI=1S/C27H26N4O2S/c1-17(2)33-25-12-11-18(14-19(25)15-28)26-30-31-27(34-26)23-9-3-8-22-21(23)7-4-10-24(22)29-16-20-6-5-13-32-20/h3,5-6,8-9,11-14,17,24,29H,4,7,10,16H2,1-2H3/t24-/m1/s1. The van der Waals surface area contributed by atoms with E-state index < -0.39 is 0 Å². The van der Waals surface area contributed by atoms with Gasteiger partial charge in [-0.2, -0.15) is 5.26 Å². The molecule has 2 heterocycles. The smallest absolute Gasteiger partial charge is 0.148 e. The van der Waals surface area contributed by atoms with Gasteiger partial charge in [-0.1, -0.05) is 29.5 Å². The Morgan fingerprint density at radius 3 is 2.85 bits per heavy atom. The average molecular weight is 471 g/mol. The highest BCUT2D eigenvalue weighted by Gasteiger charge is 2.24. The van der Waals surface area contributed by atoms with Gasteiger partial charge in [0, 0.05) is 17.2 Å². The van der Waals surface area contributed by atoms with Crippen molar-refractivity contribution in [3.8, 4) is 33.0 Å². The van der Waals surface area contributed by atoms with E-state index in [1.807, 2.05) is 44.2 Å². The van der Waals surface area contributed by atoms with Crippen LogP contribution in [0.4, 0.5) is 0 Å². The minimum Gasteiger partial charge on any atom is -0.490 e. The number of fused-ring (bicyclic) bond motifs is 1. The van der Waals surface area contributed by atoms with E-state index in [2.05, 4.69) is 39.8 Å². The Labute approximate surface area is 203 Å². The minimum absolute atomic E-state index is 0.00716. The number of nitriles is 1. The number of hydrogen-bond acceptors (Lipinski definition) is 7. The molecule has 1 N–H and O–H groups in total. The molecule has 34 heavy (non-hydrogen) atoms. The molecule has 1 aliphatic carbocycles. The monoisotopic (exact) mass is 470 g/mol. The summed E-state index contributed by atoms with van der Waals surface area (Å²) in [4.78, 5) is 0. The molecular weight excluding hydrogens is 444 g/mol. The highest BCUT2D eigenvalue weighted by atomic mass is 32.1. The number of aromatic nitrogens is 2. The molecule has 2 aromatic heterocycles. The van der Waals surface area contributed by atoms with Gasteiger partial charge in [0.1, 0.15) is 27.6 Å². The van der Waals surface area contributed by atoms with Gasteiger partial charge in [0.05, 0.1) is 24.5 Å². The second kappa shape index (κ2) is 9.80. The van der Waals surface area contributed by atoms with Crippen LogP contribution < -0.4 is 10.1 Å². The molecule has 0 aliphatic heterocycles. The fraction of sp³-hybridized carbons (Fsp3) is 0.296. The largest absolute Gasteiger partial charge is 0.490 e. The molecule has 0 spiro atoms. The zero-order chi connectivity index (χ0) is 23.5. The molecular formula is C27H26N4O2S. The van der Waals surface area contributed by atoms with E-state index in [9.17, 15) is 5.26 Å². The third kappa shape index (κ3) is 4.60. The number of nitrogens with zero attached hydrogens (tertiary/aromatic N) is 3. The molecule has 0 saturated carbocycles. The lowest BCUT2D eigenvalue weighted by Gasteiger charge is -2.27. The number of ether oxygens (including phenoxy) is 1. The van der Waals surface area contributed by atoms with Crippen LogP contribution in [0.25, 0.3) is 21.1 Å². The third-order valence-electron chi connectivity index (χ3n) is 5.98. The van der Waals surface area contributed by atoms with E-state index in [0.29, 0.717) is 17.9 Å². The maximum absolute atomic E-state index is 9.57. The fourth-order valence-electron chi connectivity index (χ4n) is 4.45. The molecule has 0 radical (unpaired) electrons. The summed E-state index contributed by atoms with van der Waals surface area (Å²) in [5, 5.41) is 23.9. The van der Waals surface area contributed by atoms with Crippen LogP contribution in [0, 0.1) is 11.3 Å². The zero-order valence-corrected chi connectivity index (χ0v) is 20.1. The molecule has 0 amide bonds. The summed E-state index contributed by atoms with van der Waals surface area (Å²) in [6, 6.07) is 18.5. The Kier molecular flexibility index (Phi) is 6.43. The van der Waals surface area contributed by atoms with Gasteiger partial charge in [0.2, 0.25) is 0 Å². The number of benzene rings is 2. The predicted octanol–water partition coefficient (Wildman–Crippen LogP) is 6.29. The van der Waals surface area contributed by atoms with Gasteiger partial charge < -0.3 is 14.5 Å². The van der Waals surface area contributed by atoms with Crippen LogP contribution in [0.5, 0.6) is 5.75 Å². The van der Waals surface area contributed by atoms with Crippen LogP contribution in [-0.2, 0) is 13.0 Å². The quantitative estimate of drug-likeness (QED) is 0.342. The molecule has 0 fully saturated rings. The summed E-state index contributed by atoms with van der Waals surface area (Å²) in [5.41, 5.74) is 5.19. The number of rotatable bonds is 7. The van der Waals surface area contributed by atoms with Gasteiger partial charge in [-0.05, 0) is 74.6 Å². The molecule has 1 atom stereocenters. The van der Waals surface area contributed by atoms with Crippen LogP contribution in [0.3, 0.4) is 0 Å². The third-order valence-corrected chi connectivity index (χ3v) is 6.98. The zero-order valence-electron chi connectivity index (χ0n) is 19.2. The summed E-state index contributed by atoms with van der Waals surface area (Å²) in [7, 11) is 0. The Hall–Kier alpha value is -3.47. The normalized spacial score (nSPS) is 15.2. The van der Waals surface area contributed by atoms with Gasteiger partial charge in [-0.15, -0.1) is 10.2 Å². The molecule has 6 nitrogen and oxygen atoms in total. The summed E-state index contributed by atoms with van der Waals surface area (Å²) in [6.45, 7) is 4.61. The average Bonchev–Trinajstić information content (AvgIpc) is 3.55. The minimum atomic E-state index is 0.00716. The van der Waals surface area contributed by atoms with Crippen molar-refractivity contribution in [2.75, 3.05) is 0 Å². The van der Waals surface area contributed by atoms with Crippen LogP contribution in [0.2, 0.25) is 0 Å². The summed E-state index contributed by atoms with van der Waals surface area (Å²) in [6.07, 6.45) is 4.96.